The van der Waals surface area contributed by atoms with E-state index >= 15 is 0 Å². The quantitative estimate of drug-likeness (QED) is 0.750. The fourth-order valence-electron chi connectivity index (χ4n) is 2.73. The number of piperidine rings is 1. The van der Waals surface area contributed by atoms with E-state index in [9.17, 15) is 4.79 Å². The first-order valence-electron chi connectivity index (χ1n) is 6.55. The van der Waals surface area contributed by atoms with Gasteiger partial charge >= 0.3 is 0 Å². The van der Waals surface area contributed by atoms with Crippen LogP contribution in [-0.2, 0) is 6.54 Å². The first-order chi connectivity index (χ1) is 8.66. The van der Waals surface area contributed by atoms with Crippen LogP contribution in [0, 0.1) is 6.92 Å². The number of nitrogens with zero attached hydrogens (tertiary/aromatic N) is 4. The summed E-state index contributed by atoms with van der Waals surface area (Å²) in [5.41, 5.74) is 2.41. The van der Waals surface area contributed by atoms with Crippen LogP contribution in [0.15, 0.2) is 0 Å². The molecule has 18 heavy (non-hydrogen) atoms. The van der Waals surface area contributed by atoms with Crippen molar-refractivity contribution in [2.75, 3.05) is 25.0 Å². The van der Waals surface area contributed by atoms with Crippen LogP contribution in [0.4, 0.5) is 5.95 Å². The second-order valence-electron chi connectivity index (χ2n) is 5.14. The van der Waals surface area contributed by atoms with Gasteiger partial charge in [-0.25, -0.2) is 9.97 Å². The van der Waals surface area contributed by atoms with Crippen molar-refractivity contribution in [3.05, 3.63) is 17.0 Å². The third-order valence-electron chi connectivity index (χ3n) is 3.74. The lowest BCUT2D eigenvalue weighted by molar-refractivity contribution is 0.0815. The molecule has 1 aromatic heterocycles. The molecule has 0 bridgehead atoms. The molecule has 0 aromatic carbocycles. The number of amides is 1. The fourth-order valence-corrected chi connectivity index (χ4v) is 2.73. The molecule has 1 fully saturated rings. The Balaban J connectivity index is 1.97. The van der Waals surface area contributed by atoms with Gasteiger partial charge in [-0.15, -0.1) is 0 Å². The van der Waals surface area contributed by atoms with E-state index in [0.29, 0.717) is 12.1 Å². The molecular weight excluding hydrogens is 228 g/mol. The molecular formula is C13H18N4O. The average Bonchev–Trinajstić information content (AvgIpc) is 2.66. The lowest BCUT2D eigenvalue weighted by atomic mass is 10.1. The summed E-state index contributed by atoms with van der Waals surface area (Å²) in [6.07, 6.45) is 3.71. The van der Waals surface area contributed by atoms with Crippen LogP contribution in [0.3, 0.4) is 0 Å². The number of aryl methyl sites for hydroxylation is 1. The van der Waals surface area contributed by atoms with Gasteiger partial charge in [0.2, 0.25) is 5.95 Å². The molecule has 5 nitrogen and oxygen atoms in total. The Kier molecular flexibility index (Phi) is 2.69. The van der Waals surface area contributed by atoms with E-state index in [1.54, 1.807) is 4.90 Å². The van der Waals surface area contributed by atoms with Gasteiger partial charge in [-0.2, -0.15) is 0 Å². The third kappa shape index (κ3) is 1.74. The summed E-state index contributed by atoms with van der Waals surface area (Å²) >= 11 is 0. The van der Waals surface area contributed by atoms with Gasteiger partial charge in [-0.1, -0.05) is 0 Å². The van der Waals surface area contributed by atoms with Crippen LogP contribution in [0.2, 0.25) is 0 Å². The SMILES string of the molecule is Cc1nc(N2CCCCC2)nc2c1C(=O)N(C)C2. The van der Waals surface area contributed by atoms with Gasteiger partial charge in [0, 0.05) is 20.1 Å². The maximum Gasteiger partial charge on any atom is 0.257 e. The van der Waals surface area contributed by atoms with Gasteiger partial charge in [0.25, 0.3) is 5.91 Å². The Bertz CT molecular complexity index is 494. The number of carbonyl (C=O) groups excluding carboxylic acids is 1. The van der Waals surface area contributed by atoms with E-state index in [2.05, 4.69) is 14.9 Å². The molecule has 5 heteroatoms. The first-order valence-corrected chi connectivity index (χ1v) is 6.55. The number of hydrogen-bond acceptors (Lipinski definition) is 4. The highest BCUT2D eigenvalue weighted by Crippen LogP contribution is 2.25. The van der Waals surface area contributed by atoms with Crippen molar-refractivity contribution in [3.8, 4) is 0 Å². The number of anilines is 1. The highest BCUT2D eigenvalue weighted by atomic mass is 16.2. The predicted octanol–water partition coefficient (Wildman–Crippen LogP) is 1.36. The Morgan fingerprint density at radius 1 is 1.11 bits per heavy atom. The molecule has 1 saturated heterocycles. The molecule has 0 radical (unpaired) electrons. The Morgan fingerprint density at radius 2 is 1.83 bits per heavy atom. The van der Waals surface area contributed by atoms with Crippen molar-refractivity contribution in [1.29, 1.82) is 0 Å². The summed E-state index contributed by atoms with van der Waals surface area (Å²) in [4.78, 5) is 25.0. The van der Waals surface area contributed by atoms with Crippen LogP contribution in [0.25, 0.3) is 0 Å². The number of hydrogen-bond donors (Lipinski definition) is 0. The molecule has 96 valence electrons. The number of fused-ring (bicyclic) bond motifs is 1. The molecule has 2 aliphatic heterocycles. The minimum Gasteiger partial charge on any atom is -0.341 e. The molecule has 0 spiro atoms. The molecule has 0 unspecified atom stereocenters. The molecule has 0 aliphatic carbocycles. The predicted molar refractivity (Wildman–Crippen MR) is 68.6 cm³/mol. The topological polar surface area (TPSA) is 49.3 Å². The average molecular weight is 246 g/mol. The van der Waals surface area contributed by atoms with E-state index in [0.717, 1.165) is 30.4 Å². The number of carbonyl (C=O) groups is 1. The monoisotopic (exact) mass is 246 g/mol. The van der Waals surface area contributed by atoms with Crippen molar-refractivity contribution >= 4 is 11.9 Å². The lowest BCUT2D eigenvalue weighted by Crippen LogP contribution is -2.31. The van der Waals surface area contributed by atoms with Crippen molar-refractivity contribution in [2.24, 2.45) is 0 Å². The van der Waals surface area contributed by atoms with Crippen LogP contribution in [-0.4, -0.2) is 40.9 Å². The summed E-state index contributed by atoms with van der Waals surface area (Å²) in [6, 6.07) is 0. The third-order valence-corrected chi connectivity index (χ3v) is 3.74. The number of rotatable bonds is 1. The fraction of sp³-hybridized carbons (Fsp3) is 0.615. The van der Waals surface area contributed by atoms with Crippen molar-refractivity contribution in [3.63, 3.8) is 0 Å². The Hall–Kier alpha value is -1.65. The van der Waals surface area contributed by atoms with E-state index in [1.165, 1.54) is 19.3 Å². The van der Waals surface area contributed by atoms with Crippen LogP contribution >= 0.6 is 0 Å². The van der Waals surface area contributed by atoms with Crippen molar-refractivity contribution in [1.82, 2.24) is 14.9 Å². The van der Waals surface area contributed by atoms with Crippen molar-refractivity contribution in [2.45, 2.75) is 32.7 Å². The van der Waals surface area contributed by atoms with E-state index in [-0.39, 0.29) is 5.91 Å². The zero-order valence-electron chi connectivity index (χ0n) is 10.9. The van der Waals surface area contributed by atoms with Gasteiger partial charge in [0.05, 0.1) is 23.5 Å². The molecule has 0 saturated carbocycles. The second kappa shape index (κ2) is 4.23. The van der Waals surface area contributed by atoms with E-state index in [4.69, 9.17) is 0 Å². The second-order valence-corrected chi connectivity index (χ2v) is 5.14. The standard InChI is InChI=1S/C13H18N4O/c1-9-11-10(8-16(2)12(11)18)15-13(14-9)17-6-4-3-5-7-17/h3-8H2,1-2H3. The molecule has 0 N–H and O–H groups in total. The highest BCUT2D eigenvalue weighted by molar-refractivity contribution is 5.98. The van der Waals surface area contributed by atoms with Crippen LogP contribution < -0.4 is 4.90 Å². The Labute approximate surface area is 107 Å². The maximum atomic E-state index is 11.9. The van der Waals surface area contributed by atoms with Gasteiger partial charge in [0.1, 0.15) is 0 Å². The van der Waals surface area contributed by atoms with E-state index < -0.39 is 0 Å². The molecule has 1 aromatic rings. The largest absolute Gasteiger partial charge is 0.341 e. The van der Waals surface area contributed by atoms with Gasteiger partial charge in [-0.05, 0) is 26.2 Å². The number of aromatic nitrogens is 2. The zero-order chi connectivity index (χ0) is 12.7. The van der Waals surface area contributed by atoms with Crippen LogP contribution in [0.1, 0.15) is 41.0 Å². The maximum absolute atomic E-state index is 11.9. The molecule has 1 amide bonds. The summed E-state index contributed by atoms with van der Waals surface area (Å²) in [5, 5.41) is 0. The molecule has 3 heterocycles. The first kappa shape index (κ1) is 11.4. The smallest absolute Gasteiger partial charge is 0.257 e. The van der Waals surface area contributed by atoms with Crippen molar-refractivity contribution < 1.29 is 4.79 Å². The summed E-state index contributed by atoms with van der Waals surface area (Å²) in [7, 11) is 1.81. The minimum absolute atomic E-state index is 0.0488. The summed E-state index contributed by atoms with van der Waals surface area (Å²) < 4.78 is 0. The zero-order valence-corrected chi connectivity index (χ0v) is 10.9. The van der Waals surface area contributed by atoms with Crippen LogP contribution in [0.5, 0.6) is 0 Å². The minimum atomic E-state index is 0.0488. The normalized spacial score (nSPS) is 19.3. The molecule has 3 rings (SSSR count). The summed E-state index contributed by atoms with van der Waals surface area (Å²) in [6.45, 7) is 4.58. The molecule has 2 aliphatic rings. The van der Waals surface area contributed by atoms with Gasteiger partial charge in [0.15, 0.2) is 0 Å². The summed E-state index contributed by atoms with van der Waals surface area (Å²) in [5.74, 6) is 0.849. The highest BCUT2D eigenvalue weighted by Gasteiger charge is 2.30. The molecule has 0 atom stereocenters. The Morgan fingerprint density at radius 3 is 2.56 bits per heavy atom. The van der Waals surface area contributed by atoms with Gasteiger partial charge in [-0.3, -0.25) is 4.79 Å². The lowest BCUT2D eigenvalue weighted by Gasteiger charge is -2.27. The van der Waals surface area contributed by atoms with E-state index in [1.807, 2.05) is 14.0 Å². The van der Waals surface area contributed by atoms with Gasteiger partial charge < -0.3 is 9.80 Å².